The molecule has 0 spiro atoms. The van der Waals surface area contributed by atoms with Crippen molar-refractivity contribution in [2.75, 3.05) is 13.2 Å². The Morgan fingerprint density at radius 3 is 2.30 bits per heavy atom. The van der Waals surface area contributed by atoms with E-state index in [0.717, 1.165) is 22.9 Å². The summed E-state index contributed by atoms with van der Waals surface area (Å²) in [4.78, 5) is 15.1. The molecule has 27 heavy (non-hydrogen) atoms. The van der Waals surface area contributed by atoms with Crippen molar-refractivity contribution in [3.8, 4) is 11.5 Å². The maximum atomic E-state index is 13.1. The lowest BCUT2D eigenvalue weighted by Gasteiger charge is -2.23. The van der Waals surface area contributed by atoms with Gasteiger partial charge in [-0.2, -0.15) is 0 Å². The number of halogens is 1. The number of amides is 1. The first-order chi connectivity index (χ1) is 13.1. The fourth-order valence-electron chi connectivity index (χ4n) is 3.10. The molecule has 0 saturated heterocycles. The summed E-state index contributed by atoms with van der Waals surface area (Å²) >= 11 is 3.59. The number of carbonyl (C=O) groups excluding carboxylic acids is 1. The Balaban J connectivity index is 1.77. The number of ether oxygens (including phenoxy) is 2. The van der Waals surface area contributed by atoms with Gasteiger partial charge in [-0.15, -0.1) is 0 Å². The molecule has 0 N–H and O–H groups in total. The van der Waals surface area contributed by atoms with E-state index in [1.807, 2.05) is 49.1 Å². The normalized spacial score (nSPS) is 13.3. The molecule has 0 bridgehead atoms. The third-order valence-corrected chi connectivity index (χ3v) is 5.30. The van der Waals surface area contributed by atoms with E-state index < -0.39 is 0 Å². The third kappa shape index (κ3) is 5.25. The van der Waals surface area contributed by atoms with Crippen LogP contribution in [0.25, 0.3) is 0 Å². The predicted molar refractivity (Wildman–Crippen MR) is 110 cm³/mol. The highest BCUT2D eigenvalue weighted by Crippen LogP contribution is 2.35. The van der Waals surface area contributed by atoms with Crippen molar-refractivity contribution in [3.05, 3.63) is 58.1 Å². The molecule has 0 aromatic heterocycles. The molecular formula is C22H26BrNO3. The van der Waals surface area contributed by atoms with E-state index in [2.05, 4.69) is 28.1 Å². The molecule has 5 heteroatoms. The van der Waals surface area contributed by atoms with Crippen LogP contribution in [0.4, 0.5) is 0 Å². The average Bonchev–Trinajstić information content (AvgIpc) is 3.49. The summed E-state index contributed by atoms with van der Waals surface area (Å²) in [5, 5.41) is 0. The van der Waals surface area contributed by atoms with Crippen LogP contribution in [0, 0.1) is 0 Å². The number of hydrogen-bond donors (Lipinski definition) is 0. The Morgan fingerprint density at radius 2 is 1.70 bits per heavy atom. The highest BCUT2D eigenvalue weighted by molar-refractivity contribution is 9.10. The second kappa shape index (κ2) is 9.27. The van der Waals surface area contributed by atoms with Gasteiger partial charge >= 0.3 is 0 Å². The fourth-order valence-corrected chi connectivity index (χ4v) is 3.56. The van der Waals surface area contributed by atoms with Gasteiger partial charge in [0, 0.05) is 17.1 Å². The van der Waals surface area contributed by atoms with Crippen molar-refractivity contribution in [1.82, 2.24) is 4.90 Å². The van der Waals surface area contributed by atoms with Gasteiger partial charge in [0.25, 0.3) is 0 Å². The Kier molecular flexibility index (Phi) is 6.78. The summed E-state index contributed by atoms with van der Waals surface area (Å²) in [6.45, 7) is 5.67. The van der Waals surface area contributed by atoms with E-state index in [4.69, 9.17) is 9.47 Å². The topological polar surface area (TPSA) is 38.8 Å². The zero-order valence-corrected chi connectivity index (χ0v) is 17.5. The Morgan fingerprint density at radius 1 is 1.07 bits per heavy atom. The maximum absolute atomic E-state index is 13.1. The van der Waals surface area contributed by atoms with Crippen LogP contribution in [0.5, 0.6) is 11.5 Å². The molecule has 1 amide bonds. The van der Waals surface area contributed by atoms with E-state index in [0.29, 0.717) is 43.7 Å². The van der Waals surface area contributed by atoms with Gasteiger partial charge in [-0.05, 0) is 49.9 Å². The minimum absolute atomic E-state index is 0.147. The van der Waals surface area contributed by atoms with Gasteiger partial charge in [0.2, 0.25) is 5.91 Å². The number of rotatable bonds is 9. The van der Waals surface area contributed by atoms with Gasteiger partial charge in [-0.25, -0.2) is 0 Å². The average molecular weight is 432 g/mol. The lowest BCUT2D eigenvalue weighted by Crippen LogP contribution is -2.33. The fraction of sp³-hybridized carbons (Fsp3) is 0.409. The maximum Gasteiger partial charge on any atom is 0.227 e. The van der Waals surface area contributed by atoms with E-state index in [1.165, 1.54) is 5.56 Å². The summed E-state index contributed by atoms with van der Waals surface area (Å²) in [6.07, 6.45) is 2.52. The van der Waals surface area contributed by atoms with Crippen LogP contribution in [-0.4, -0.2) is 30.1 Å². The molecule has 1 aliphatic carbocycles. The van der Waals surface area contributed by atoms with Gasteiger partial charge in [0.1, 0.15) is 0 Å². The minimum atomic E-state index is 0.147. The lowest BCUT2D eigenvalue weighted by molar-refractivity contribution is -0.131. The van der Waals surface area contributed by atoms with Crippen LogP contribution < -0.4 is 9.47 Å². The molecule has 3 rings (SSSR count). The Hall–Kier alpha value is -2.01. The molecule has 0 heterocycles. The molecule has 4 nitrogen and oxygen atoms in total. The van der Waals surface area contributed by atoms with E-state index in [-0.39, 0.29) is 5.91 Å². The smallest absolute Gasteiger partial charge is 0.227 e. The third-order valence-electron chi connectivity index (χ3n) is 4.56. The first kappa shape index (κ1) is 19.7. The van der Waals surface area contributed by atoms with Crippen LogP contribution in [-0.2, 0) is 17.8 Å². The Bertz CT molecular complexity index is 775. The summed E-state index contributed by atoms with van der Waals surface area (Å²) in [7, 11) is 0. The van der Waals surface area contributed by atoms with Gasteiger partial charge in [-0.1, -0.05) is 46.3 Å². The van der Waals surface area contributed by atoms with E-state index >= 15 is 0 Å². The van der Waals surface area contributed by atoms with Crippen LogP contribution in [0.1, 0.15) is 37.8 Å². The zero-order chi connectivity index (χ0) is 19.2. The standard InChI is InChI=1S/C22H26BrNO3/c1-3-26-20-12-17(19(23)14-21(20)27-4-2)13-22(25)24(18-10-11-18)15-16-8-6-5-7-9-16/h5-9,12,14,18H,3-4,10-11,13,15H2,1-2H3. The van der Waals surface area contributed by atoms with Gasteiger partial charge < -0.3 is 14.4 Å². The summed E-state index contributed by atoms with van der Waals surface area (Å²) in [6, 6.07) is 14.4. The van der Waals surface area contributed by atoms with Crippen molar-refractivity contribution < 1.29 is 14.3 Å². The molecule has 1 aliphatic rings. The molecule has 1 fully saturated rings. The predicted octanol–water partition coefficient (Wildman–Crippen LogP) is 4.98. The van der Waals surface area contributed by atoms with Crippen molar-refractivity contribution in [2.45, 2.75) is 45.7 Å². The van der Waals surface area contributed by atoms with E-state index in [1.54, 1.807) is 0 Å². The zero-order valence-electron chi connectivity index (χ0n) is 15.9. The number of hydrogen-bond acceptors (Lipinski definition) is 3. The SMILES string of the molecule is CCOc1cc(Br)c(CC(=O)N(Cc2ccccc2)C2CC2)cc1OCC. The molecule has 1 saturated carbocycles. The van der Waals surface area contributed by atoms with Gasteiger partial charge in [0.15, 0.2) is 11.5 Å². The number of nitrogens with zero attached hydrogens (tertiary/aromatic N) is 1. The number of benzene rings is 2. The van der Waals surface area contributed by atoms with Crippen LogP contribution in [0.3, 0.4) is 0 Å². The first-order valence-electron chi connectivity index (χ1n) is 9.53. The van der Waals surface area contributed by atoms with Gasteiger partial charge in [-0.3, -0.25) is 4.79 Å². The molecule has 2 aromatic carbocycles. The molecule has 0 aliphatic heterocycles. The number of carbonyl (C=O) groups is 1. The highest BCUT2D eigenvalue weighted by atomic mass is 79.9. The highest BCUT2D eigenvalue weighted by Gasteiger charge is 2.32. The monoisotopic (exact) mass is 431 g/mol. The molecule has 2 aromatic rings. The first-order valence-corrected chi connectivity index (χ1v) is 10.3. The van der Waals surface area contributed by atoms with Crippen LogP contribution in [0.2, 0.25) is 0 Å². The summed E-state index contributed by atoms with van der Waals surface area (Å²) in [5.74, 6) is 1.53. The van der Waals surface area contributed by atoms with Crippen LogP contribution in [0.15, 0.2) is 46.9 Å². The second-order valence-corrected chi connectivity index (χ2v) is 7.53. The molecule has 0 unspecified atom stereocenters. The quantitative estimate of drug-likeness (QED) is 0.561. The molecule has 0 radical (unpaired) electrons. The summed E-state index contributed by atoms with van der Waals surface area (Å²) in [5.41, 5.74) is 2.09. The van der Waals surface area contributed by atoms with Crippen molar-refractivity contribution in [3.63, 3.8) is 0 Å². The molecule has 0 atom stereocenters. The van der Waals surface area contributed by atoms with Gasteiger partial charge in [0.05, 0.1) is 19.6 Å². The lowest BCUT2D eigenvalue weighted by atomic mass is 10.1. The molecule has 144 valence electrons. The Labute approximate surface area is 169 Å². The second-order valence-electron chi connectivity index (χ2n) is 6.67. The van der Waals surface area contributed by atoms with Crippen molar-refractivity contribution in [1.29, 1.82) is 0 Å². The summed E-state index contributed by atoms with van der Waals surface area (Å²) < 4.78 is 12.2. The van der Waals surface area contributed by atoms with Crippen molar-refractivity contribution >= 4 is 21.8 Å². The molecular weight excluding hydrogens is 406 g/mol. The largest absolute Gasteiger partial charge is 0.490 e. The van der Waals surface area contributed by atoms with Crippen LogP contribution >= 0.6 is 15.9 Å². The van der Waals surface area contributed by atoms with E-state index in [9.17, 15) is 4.79 Å². The minimum Gasteiger partial charge on any atom is -0.490 e. The van der Waals surface area contributed by atoms with Crippen molar-refractivity contribution in [2.24, 2.45) is 0 Å².